The van der Waals surface area contributed by atoms with Gasteiger partial charge >= 0.3 is 5.51 Å². The highest BCUT2D eigenvalue weighted by molar-refractivity contribution is 9.10. The van der Waals surface area contributed by atoms with Crippen molar-refractivity contribution in [3.8, 4) is 6.07 Å². The van der Waals surface area contributed by atoms with E-state index in [1.54, 1.807) is 6.20 Å². The van der Waals surface area contributed by atoms with Gasteiger partial charge in [-0.25, -0.2) is 4.98 Å². The molecule has 0 radical (unpaired) electrons. The molecule has 0 aliphatic carbocycles. The van der Waals surface area contributed by atoms with Gasteiger partial charge in [0, 0.05) is 21.1 Å². The summed E-state index contributed by atoms with van der Waals surface area (Å²) in [5, 5.41) is 20.8. The van der Waals surface area contributed by atoms with E-state index >= 15 is 0 Å². The van der Waals surface area contributed by atoms with Crippen LogP contribution in [0.1, 0.15) is 22.8 Å². The van der Waals surface area contributed by atoms with Crippen LogP contribution in [0, 0.1) is 18.3 Å². The van der Waals surface area contributed by atoms with Crippen LogP contribution in [-0.2, 0) is 6.54 Å². The fourth-order valence-corrected chi connectivity index (χ4v) is 3.41. The summed E-state index contributed by atoms with van der Waals surface area (Å²) >= 11 is 3.10. The Kier molecular flexibility index (Phi) is 6.05. The molecule has 0 fully saturated rings. The summed E-state index contributed by atoms with van der Waals surface area (Å²) in [7, 11) is 0. The molecule has 0 bridgehead atoms. The minimum atomic E-state index is -4.41. The highest BCUT2D eigenvalue weighted by atomic mass is 79.9. The third kappa shape index (κ3) is 5.09. The van der Waals surface area contributed by atoms with Crippen LogP contribution < -0.4 is 5.32 Å². The lowest BCUT2D eigenvalue weighted by molar-refractivity contribution is -0.0328. The number of aromatic nitrogens is 4. The molecular formula is C18H14BrF3N6OS. The Bertz CT molecular complexity index is 1140. The number of thioether (sulfide) groups is 1. The maximum atomic E-state index is 12.5. The van der Waals surface area contributed by atoms with E-state index in [-0.39, 0.29) is 28.8 Å². The maximum Gasteiger partial charge on any atom is 0.446 e. The number of benzene rings is 1. The third-order valence-corrected chi connectivity index (χ3v) is 5.63. The van der Waals surface area contributed by atoms with E-state index < -0.39 is 17.0 Å². The van der Waals surface area contributed by atoms with Crippen molar-refractivity contribution in [1.29, 1.82) is 5.26 Å². The lowest BCUT2D eigenvalue weighted by atomic mass is 10.0. The zero-order valence-corrected chi connectivity index (χ0v) is 18.1. The Hall–Kier alpha value is -2.65. The SMILES string of the molecule is Cc1c(Br)cnc2nn(CC(C)(C#N)NC(=O)c3ccc(SC(F)(F)F)cc3)nc12. The first-order valence-electron chi connectivity index (χ1n) is 8.45. The largest absolute Gasteiger partial charge is 0.446 e. The number of rotatable bonds is 5. The first-order chi connectivity index (χ1) is 14.0. The number of nitrogens with one attached hydrogen (secondary N) is 1. The number of amides is 1. The molecule has 1 unspecified atom stereocenters. The molecule has 0 aliphatic heterocycles. The second-order valence-corrected chi connectivity index (χ2v) is 8.60. The third-order valence-electron chi connectivity index (χ3n) is 4.09. The van der Waals surface area contributed by atoms with Gasteiger partial charge in [0.15, 0.2) is 0 Å². The van der Waals surface area contributed by atoms with E-state index in [1.165, 1.54) is 36.0 Å². The Morgan fingerprint density at radius 3 is 2.57 bits per heavy atom. The molecule has 1 N–H and O–H groups in total. The number of carbonyl (C=O) groups is 1. The Balaban J connectivity index is 1.76. The van der Waals surface area contributed by atoms with Crippen LogP contribution >= 0.6 is 27.7 Å². The lowest BCUT2D eigenvalue weighted by Crippen LogP contribution is -2.48. The van der Waals surface area contributed by atoms with Crippen molar-refractivity contribution < 1.29 is 18.0 Å². The molecule has 12 heteroatoms. The van der Waals surface area contributed by atoms with Crippen LogP contribution in [-0.4, -0.2) is 36.9 Å². The van der Waals surface area contributed by atoms with Crippen LogP contribution in [0.25, 0.3) is 11.2 Å². The molecule has 1 atom stereocenters. The van der Waals surface area contributed by atoms with Crippen molar-refractivity contribution in [3.05, 3.63) is 46.1 Å². The van der Waals surface area contributed by atoms with Gasteiger partial charge in [-0.15, -0.1) is 5.10 Å². The normalized spacial score (nSPS) is 13.6. The van der Waals surface area contributed by atoms with Crippen molar-refractivity contribution >= 4 is 44.8 Å². The van der Waals surface area contributed by atoms with Crippen LogP contribution in [0.2, 0.25) is 0 Å². The fraction of sp³-hybridized carbons (Fsp3) is 0.278. The molecule has 7 nitrogen and oxygen atoms in total. The Labute approximate surface area is 181 Å². The number of carbonyl (C=O) groups excluding carboxylic acids is 1. The van der Waals surface area contributed by atoms with Crippen molar-refractivity contribution in [2.45, 2.75) is 36.3 Å². The van der Waals surface area contributed by atoms with Crippen LogP contribution in [0.4, 0.5) is 13.2 Å². The van der Waals surface area contributed by atoms with E-state index in [0.717, 1.165) is 10.0 Å². The molecule has 3 aromatic rings. The van der Waals surface area contributed by atoms with E-state index in [1.807, 2.05) is 13.0 Å². The van der Waals surface area contributed by atoms with Crippen molar-refractivity contribution in [3.63, 3.8) is 0 Å². The lowest BCUT2D eigenvalue weighted by Gasteiger charge is -2.22. The van der Waals surface area contributed by atoms with Gasteiger partial charge in [0.2, 0.25) is 5.65 Å². The number of aryl methyl sites for hydroxylation is 1. The summed E-state index contributed by atoms with van der Waals surface area (Å²) in [6, 6.07) is 6.96. The van der Waals surface area contributed by atoms with Crippen molar-refractivity contribution in [2.75, 3.05) is 0 Å². The molecule has 0 aliphatic rings. The van der Waals surface area contributed by atoms with Gasteiger partial charge in [0.1, 0.15) is 11.1 Å². The van der Waals surface area contributed by atoms with Gasteiger partial charge in [-0.3, -0.25) is 4.79 Å². The van der Waals surface area contributed by atoms with Gasteiger partial charge in [-0.05, 0) is 71.4 Å². The van der Waals surface area contributed by atoms with E-state index in [2.05, 4.69) is 36.4 Å². The molecular weight excluding hydrogens is 485 g/mol. The molecule has 30 heavy (non-hydrogen) atoms. The second kappa shape index (κ2) is 8.23. The zero-order chi connectivity index (χ0) is 22.1. The topological polar surface area (TPSA) is 96.5 Å². The molecule has 0 saturated carbocycles. The number of halogens is 4. The van der Waals surface area contributed by atoms with Crippen molar-refractivity contribution in [1.82, 2.24) is 25.3 Å². The summed E-state index contributed by atoms with van der Waals surface area (Å²) in [4.78, 5) is 17.9. The standard InChI is InChI=1S/C18H14BrF3N6OS/c1-10-13(19)7-24-15-14(10)26-28(27-15)9-17(2,8-23)25-16(29)11-3-5-12(6-4-11)30-18(20,21)22/h3-7H,9H2,1-2H3,(H,25,29). The molecule has 2 aromatic heterocycles. The number of pyridine rings is 1. The predicted molar refractivity (Wildman–Crippen MR) is 108 cm³/mol. The van der Waals surface area contributed by atoms with E-state index in [0.29, 0.717) is 11.2 Å². The summed E-state index contributed by atoms with van der Waals surface area (Å²) in [6.07, 6.45) is 1.60. The zero-order valence-electron chi connectivity index (χ0n) is 15.7. The van der Waals surface area contributed by atoms with Gasteiger partial charge in [0.25, 0.3) is 5.91 Å². The number of alkyl halides is 3. The fourth-order valence-electron chi connectivity index (χ4n) is 2.58. The number of nitriles is 1. The minimum Gasteiger partial charge on any atom is -0.332 e. The minimum absolute atomic E-state index is 0.0384. The van der Waals surface area contributed by atoms with Gasteiger partial charge < -0.3 is 5.32 Å². The Morgan fingerprint density at radius 1 is 1.30 bits per heavy atom. The van der Waals surface area contributed by atoms with E-state index in [9.17, 15) is 23.2 Å². The van der Waals surface area contributed by atoms with Gasteiger partial charge in [-0.1, -0.05) is 0 Å². The molecule has 2 heterocycles. The van der Waals surface area contributed by atoms with Crippen LogP contribution in [0.3, 0.4) is 0 Å². The molecule has 156 valence electrons. The predicted octanol–water partition coefficient (Wildman–Crippen LogP) is 4.22. The number of hydrogen-bond acceptors (Lipinski definition) is 6. The average Bonchev–Trinajstić information content (AvgIpc) is 3.07. The van der Waals surface area contributed by atoms with Crippen LogP contribution in [0.15, 0.2) is 39.8 Å². The quantitative estimate of drug-likeness (QED) is 0.529. The summed E-state index contributed by atoms with van der Waals surface area (Å²) in [5.74, 6) is -0.601. The Morgan fingerprint density at radius 2 is 1.97 bits per heavy atom. The summed E-state index contributed by atoms with van der Waals surface area (Å²) in [6.45, 7) is 3.30. The molecule has 3 rings (SSSR count). The number of fused-ring (bicyclic) bond motifs is 1. The van der Waals surface area contributed by atoms with Gasteiger partial charge in [-0.2, -0.15) is 28.3 Å². The summed E-state index contributed by atoms with van der Waals surface area (Å²) in [5.41, 5.74) is -3.84. The highest BCUT2D eigenvalue weighted by Gasteiger charge is 2.30. The molecule has 1 amide bonds. The number of hydrogen-bond donors (Lipinski definition) is 1. The van der Waals surface area contributed by atoms with Crippen molar-refractivity contribution in [2.24, 2.45) is 0 Å². The second-order valence-electron chi connectivity index (χ2n) is 6.60. The van der Waals surface area contributed by atoms with Gasteiger partial charge in [0.05, 0.1) is 12.6 Å². The van der Waals surface area contributed by atoms with Crippen LogP contribution in [0.5, 0.6) is 0 Å². The van der Waals surface area contributed by atoms with E-state index in [4.69, 9.17) is 0 Å². The molecule has 0 spiro atoms. The smallest absolute Gasteiger partial charge is 0.332 e. The monoisotopic (exact) mass is 498 g/mol. The first kappa shape index (κ1) is 22.0. The highest BCUT2D eigenvalue weighted by Crippen LogP contribution is 2.36. The summed E-state index contributed by atoms with van der Waals surface area (Å²) < 4.78 is 38.0. The molecule has 1 aromatic carbocycles. The first-order valence-corrected chi connectivity index (χ1v) is 10.1. The maximum absolute atomic E-state index is 12.5. The number of nitrogens with zero attached hydrogens (tertiary/aromatic N) is 5. The molecule has 0 saturated heterocycles. The average molecular weight is 499 g/mol.